The number of nitrogens with zero attached hydrogens (tertiary/aromatic N) is 4. The fourth-order valence-electron chi connectivity index (χ4n) is 2.55. The molecule has 1 aliphatic heterocycles. The van der Waals surface area contributed by atoms with Crippen molar-refractivity contribution in [3.05, 3.63) is 48.0 Å². The highest BCUT2D eigenvalue weighted by molar-refractivity contribution is 5.89. The normalized spacial score (nSPS) is 17.8. The summed E-state index contributed by atoms with van der Waals surface area (Å²) in [6.07, 6.45) is 1.57. The van der Waals surface area contributed by atoms with Gasteiger partial charge in [0.1, 0.15) is 19.0 Å². The second-order valence-electron chi connectivity index (χ2n) is 5.61. The van der Waals surface area contributed by atoms with Gasteiger partial charge in [0.2, 0.25) is 11.8 Å². The summed E-state index contributed by atoms with van der Waals surface area (Å²) in [4.78, 5) is 26.3. The highest BCUT2D eigenvalue weighted by Crippen LogP contribution is 2.14. The minimum absolute atomic E-state index is 0.0000995. The number of aryl methyl sites for hydroxylation is 1. The number of hydrogen-bond donors (Lipinski definition) is 1. The average Bonchev–Trinajstić information content (AvgIpc) is 3.00. The lowest BCUT2D eigenvalue weighted by Gasteiger charge is -2.34. The highest BCUT2D eigenvalue weighted by atomic mass is 16.5. The molecule has 1 N–H and O–H groups in total. The van der Waals surface area contributed by atoms with Crippen molar-refractivity contribution in [2.24, 2.45) is 7.05 Å². The Morgan fingerprint density at radius 1 is 1.38 bits per heavy atom. The van der Waals surface area contributed by atoms with Gasteiger partial charge in [-0.2, -0.15) is 0 Å². The Morgan fingerprint density at radius 2 is 2.17 bits per heavy atom. The first kappa shape index (κ1) is 16.1. The summed E-state index contributed by atoms with van der Waals surface area (Å²) in [5, 5.41) is 10.5. The van der Waals surface area contributed by atoms with Crippen LogP contribution in [0.25, 0.3) is 0 Å². The lowest BCUT2D eigenvalue weighted by atomic mass is 10.1. The molecule has 0 aliphatic carbocycles. The molecular weight excluding hydrogens is 310 g/mol. The largest absolute Gasteiger partial charge is 0.369 e. The Morgan fingerprint density at radius 3 is 2.88 bits per heavy atom. The van der Waals surface area contributed by atoms with E-state index in [0.717, 1.165) is 5.56 Å². The van der Waals surface area contributed by atoms with Crippen LogP contribution in [0, 0.1) is 0 Å². The van der Waals surface area contributed by atoms with Crippen molar-refractivity contribution in [2.45, 2.75) is 19.1 Å². The second-order valence-corrected chi connectivity index (χ2v) is 5.61. The van der Waals surface area contributed by atoms with E-state index in [4.69, 9.17) is 4.74 Å². The topological polar surface area (TPSA) is 89.4 Å². The molecule has 8 nitrogen and oxygen atoms in total. The molecular formula is C16H19N5O3. The van der Waals surface area contributed by atoms with Crippen LogP contribution in [-0.4, -0.2) is 50.7 Å². The van der Waals surface area contributed by atoms with Gasteiger partial charge in [0.25, 0.3) is 0 Å². The SMILES string of the molecule is Cn1cnnc1CNC(=O)C1COCC(=O)N1Cc1ccccc1. The first-order valence-corrected chi connectivity index (χ1v) is 7.67. The molecule has 2 heterocycles. The van der Waals surface area contributed by atoms with Gasteiger partial charge in [0.05, 0.1) is 13.2 Å². The maximum atomic E-state index is 12.5. The standard InChI is InChI=1S/C16H19N5O3/c1-20-11-18-19-14(20)7-17-16(23)13-9-24-10-15(22)21(13)8-12-5-3-2-4-6-12/h2-6,11,13H,7-10H2,1H3,(H,17,23). The molecule has 3 rings (SSSR count). The first-order valence-electron chi connectivity index (χ1n) is 7.67. The molecule has 1 aliphatic rings. The van der Waals surface area contributed by atoms with Gasteiger partial charge in [-0.1, -0.05) is 30.3 Å². The van der Waals surface area contributed by atoms with Crippen LogP contribution in [0.4, 0.5) is 0 Å². The number of carbonyl (C=O) groups excluding carboxylic acids is 2. The monoisotopic (exact) mass is 329 g/mol. The molecule has 1 atom stereocenters. The summed E-state index contributed by atoms with van der Waals surface area (Å²) in [6.45, 7) is 0.813. The molecule has 1 aromatic heterocycles. The summed E-state index contributed by atoms with van der Waals surface area (Å²) < 4.78 is 6.99. The molecule has 0 saturated carbocycles. The molecule has 2 aromatic rings. The zero-order valence-corrected chi connectivity index (χ0v) is 13.4. The van der Waals surface area contributed by atoms with E-state index < -0.39 is 6.04 Å². The van der Waals surface area contributed by atoms with E-state index in [2.05, 4.69) is 15.5 Å². The molecule has 0 radical (unpaired) electrons. The number of ether oxygens (including phenoxy) is 1. The number of aromatic nitrogens is 3. The minimum atomic E-state index is -0.653. The van der Waals surface area contributed by atoms with E-state index >= 15 is 0 Å². The minimum Gasteiger partial charge on any atom is -0.369 e. The van der Waals surface area contributed by atoms with Gasteiger partial charge in [-0.05, 0) is 5.56 Å². The quantitative estimate of drug-likeness (QED) is 0.825. The van der Waals surface area contributed by atoms with Crippen molar-refractivity contribution in [3.63, 3.8) is 0 Å². The molecule has 1 unspecified atom stereocenters. The molecule has 1 aromatic carbocycles. The lowest BCUT2D eigenvalue weighted by Crippen LogP contribution is -2.55. The van der Waals surface area contributed by atoms with Gasteiger partial charge in [-0.15, -0.1) is 10.2 Å². The van der Waals surface area contributed by atoms with E-state index in [1.807, 2.05) is 30.3 Å². The molecule has 0 spiro atoms. The third-order valence-corrected chi connectivity index (χ3v) is 3.92. The smallest absolute Gasteiger partial charge is 0.249 e. The fourth-order valence-corrected chi connectivity index (χ4v) is 2.55. The van der Waals surface area contributed by atoms with Crippen LogP contribution in [-0.2, 0) is 34.5 Å². The van der Waals surface area contributed by atoms with E-state index in [1.165, 1.54) is 0 Å². The second kappa shape index (κ2) is 7.22. The Hall–Kier alpha value is -2.74. The number of hydrogen-bond acceptors (Lipinski definition) is 5. The van der Waals surface area contributed by atoms with Gasteiger partial charge >= 0.3 is 0 Å². The number of amides is 2. The van der Waals surface area contributed by atoms with Crippen molar-refractivity contribution < 1.29 is 14.3 Å². The third kappa shape index (κ3) is 3.60. The van der Waals surface area contributed by atoms with E-state index in [1.54, 1.807) is 22.8 Å². The summed E-state index contributed by atoms with van der Waals surface area (Å²) in [5.41, 5.74) is 0.971. The van der Waals surface area contributed by atoms with E-state index in [0.29, 0.717) is 12.4 Å². The van der Waals surface area contributed by atoms with Gasteiger partial charge in [-0.3, -0.25) is 9.59 Å². The number of rotatable bonds is 5. The van der Waals surface area contributed by atoms with Crippen molar-refractivity contribution in [3.8, 4) is 0 Å². The maximum Gasteiger partial charge on any atom is 0.249 e. The molecule has 126 valence electrons. The van der Waals surface area contributed by atoms with Crippen molar-refractivity contribution in [2.75, 3.05) is 13.2 Å². The molecule has 0 bridgehead atoms. The number of morpholine rings is 1. The summed E-state index contributed by atoms with van der Waals surface area (Å²) in [6, 6.07) is 8.93. The highest BCUT2D eigenvalue weighted by Gasteiger charge is 2.34. The predicted octanol–water partition coefficient (Wildman–Crippen LogP) is -0.141. The Kier molecular flexibility index (Phi) is 4.85. The average molecular weight is 329 g/mol. The van der Waals surface area contributed by atoms with Crippen LogP contribution in [0.3, 0.4) is 0 Å². The molecule has 2 amide bonds. The Bertz CT molecular complexity index is 716. The zero-order valence-electron chi connectivity index (χ0n) is 13.4. The van der Waals surface area contributed by atoms with Gasteiger partial charge in [-0.25, -0.2) is 0 Å². The van der Waals surface area contributed by atoms with Crippen molar-refractivity contribution >= 4 is 11.8 Å². The summed E-state index contributed by atoms with van der Waals surface area (Å²) >= 11 is 0. The van der Waals surface area contributed by atoms with Crippen molar-refractivity contribution in [1.82, 2.24) is 25.0 Å². The van der Waals surface area contributed by atoms with Crippen LogP contribution in [0.1, 0.15) is 11.4 Å². The molecule has 24 heavy (non-hydrogen) atoms. The zero-order chi connectivity index (χ0) is 16.9. The predicted molar refractivity (Wildman–Crippen MR) is 84.4 cm³/mol. The molecule has 1 saturated heterocycles. The fraction of sp³-hybridized carbons (Fsp3) is 0.375. The maximum absolute atomic E-state index is 12.5. The van der Waals surface area contributed by atoms with Crippen molar-refractivity contribution in [1.29, 1.82) is 0 Å². The van der Waals surface area contributed by atoms with Crippen LogP contribution in [0.5, 0.6) is 0 Å². The molecule has 8 heteroatoms. The first-order chi connectivity index (χ1) is 11.6. The summed E-state index contributed by atoms with van der Waals surface area (Å²) in [5.74, 6) is 0.187. The number of carbonyl (C=O) groups is 2. The van der Waals surface area contributed by atoms with Gasteiger partial charge < -0.3 is 19.5 Å². The number of benzene rings is 1. The molecule has 1 fully saturated rings. The number of nitrogens with one attached hydrogen (secondary N) is 1. The summed E-state index contributed by atoms with van der Waals surface area (Å²) in [7, 11) is 1.80. The van der Waals surface area contributed by atoms with Crippen LogP contribution >= 0.6 is 0 Å². The van der Waals surface area contributed by atoms with Crippen LogP contribution in [0.15, 0.2) is 36.7 Å². The lowest BCUT2D eigenvalue weighted by molar-refractivity contribution is -0.155. The third-order valence-electron chi connectivity index (χ3n) is 3.92. The Labute approximate surface area is 139 Å². The van der Waals surface area contributed by atoms with Crippen LogP contribution < -0.4 is 5.32 Å². The Balaban J connectivity index is 1.67. The van der Waals surface area contributed by atoms with E-state index in [9.17, 15) is 9.59 Å². The van der Waals surface area contributed by atoms with E-state index in [-0.39, 0.29) is 31.6 Å². The van der Waals surface area contributed by atoms with Crippen LogP contribution in [0.2, 0.25) is 0 Å². The van der Waals surface area contributed by atoms with Gasteiger partial charge in [0.15, 0.2) is 5.82 Å². The van der Waals surface area contributed by atoms with Gasteiger partial charge in [0, 0.05) is 13.6 Å².